The van der Waals surface area contributed by atoms with Crippen LogP contribution in [-0.4, -0.2) is 25.9 Å². The van der Waals surface area contributed by atoms with E-state index in [4.69, 9.17) is 4.43 Å². The van der Waals surface area contributed by atoms with Crippen molar-refractivity contribution in [3.05, 3.63) is 11.9 Å². The van der Waals surface area contributed by atoms with Crippen LogP contribution >= 0.6 is 0 Å². The third kappa shape index (κ3) is 2.98. The zero-order valence-electron chi connectivity index (χ0n) is 11.6. The minimum Gasteiger partial charge on any atom is -0.411 e. The average Bonchev–Trinajstić information content (AvgIpc) is 2.39. The van der Waals surface area contributed by atoms with E-state index in [9.17, 15) is 0 Å². The van der Waals surface area contributed by atoms with Crippen molar-refractivity contribution in [2.45, 2.75) is 45.5 Å². The Morgan fingerprint density at radius 2 is 2.00 bits per heavy atom. The van der Waals surface area contributed by atoms with E-state index < -0.39 is 8.32 Å². The molecule has 0 saturated heterocycles. The fourth-order valence-electron chi connectivity index (χ4n) is 1.26. The summed E-state index contributed by atoms with van der Waals surface area (Å²) in [6.07, 6.45) is 2.03. The van der Waals surface area contributed by atoms with Gasteiger partial charge in [-0.25, -0.2) is 0 Å². The minimum atomic E-state index is -1.65. The molecular formula is C11H23BN2OSi. The molecule has 1 rings (SSSR count). The quantitative estimate of drug-likeness (QED) is 0.740. The summed E-state index contributed by atoms with van der Waals surface area (Å²) < 4.78 is 7.98. The summed E-state index contributed by atoms with van der Waals surface area (Å²) in [5.74, 6) is 0. The number of aryl methyl sites for hydroxylation is 1. The summed E-state index contributed by atoms with van der Waals surface area (Å²) in [5.41, 5.74) is 2.27. The maximum atomic E-state index is 6.14. The molecule has 0 unspecified atom stereocenters. The maximum absolute atomic E-state index is 6.14. The van der Waals surface area contributed by atoms with Gasteiger partial charge in [0.05, 0.1) is 12.3 Å². The SMILES string of the molecule is Bc1cn(C)nc1CO[Si](C)(C)C(C)(C)C. The summed E-state index contributed by atoms with van der Waals surface area (Å²) in [6, 6.07) is 0. The molecule has 1 heterocycles. The molecule has 0 N–H and O–H groups in total. The largest absolute Gasteiger partial charge is 0.411 e. The van der Waals surface area contributed by atoms with Crippen molar-refractivity contribution in [3.8, 4) is 0 Å². The summed E-state index contributed by atoms with van der Waals surface area (Å²) in [6.45, 7) is 11.9. The van der Waals surface area contributed by atoms with Crippen LogP contribution in [0.25, 0.3) is 0 Å². The molecule has 3 nitrogen and oxygen atoms in total. The van der Waals surface area contributed by atoms with Crippen LogP contribution in [0.1, 0.15) is 26.5 Å². The van der Waals surface area contributed by atoms with Gasteiger partial charge in [0.25, 0.3) is 0 Å². The standard InChI is InChI=1S/C11H23BN2OSi/c1-11(2,3)16(5,6)15-8-10-9(12)7-14(4)13-10/h7H,8,12H2,1-6H3. The van der Waals surface area contributed by atoms with E-state index in [2.05, 4.69) is 46.8 Å². The lowest BCUT2D eigenvalue weighted by Gasteiger charge is -2.36. The number of hydrogen-bond donors (Lipinski definition) is 0. The van der Waals surface area contributed by atoms with Crippen molar-refractivity contribution >= 4 is 21.6 Å². The van der Waals surface area contributed by atoms with Gasteiger partial charge >= 0.3 is 0 Å². The molecule has 0 saturated carbocycles. The van der Waals surface area contributed by atoms with E-state index in [1.165, 1.54) is 5.46 Å². The molecule has 0 aliphatic rings. The van der Waals surface area contributed by atoms with Gasteiger partial charge in [0.15, 0.2) is 8.32 Å². The molecule has 16 heavy (non-hydrogen) atoms. The minimum absolute atomic E-state index is 0.260. The number of aromatic nitrogens is 2. The van der Waals surface area contributed by atoms with Crippen molar-refractivity contribution in [3.63, 3.8) is 0 Å². The second kappa shape index (κ2) is 4.37. The van der Waals surface area contributed by atoms with Gasteiger partial charge in [-0.05, 0) is 23.6 Å². The maximum Gasteiger partial charge on any atom is 0.192 e. The second-order valence-electron chi connectivity index (χ2n) is 5.98. The van der Waals surface area contributed by atoms with Gasteiger partial charge < -0.3 is 4.43 Å². The third-order valence-electron chi connectivity index (χ3n) is 3.49. The van der Waals surface area contributed by atoms with Crippen LogP contribution < -0.4 is 5.46 Å². The lowest BCUT2D eigenvalue weighted by atomic mass is 9.98. The van der Waals surface area contributed by atoms with Gasteiger partial charge in [-0.2, -0.15) is 5.10 Å². The van der Waals surface area contributed by atoms with Gasteiger partial charge in [-0.1, -0.05) is 20.8 Å². The highest BCUT2D eigenvalue weighted by atomic mass is 28.4. The number of hydrogen-bond acceptors (Lipinski definition) is 2. The van der Waals surface area contributed by atoms with Crippen LogP contribution in [0.5, 0.6) is 0 Å². The Morgan fingerprint density at radius 3 is 2.38 bits per heavy atom. The lowest BCUT2D eigenvalue weighted by Crippen LogP contribution is -2.40. The first-order chi connectivity index (χ1) is 7.13. The van der Waals surface area contributed by atoms with E-state index in [-0.39, 0.29) is 5.04 Å². The fourth-order valence-corrected chi connectivity index (χ4v) is 2.19. The average molecular weight is 238 g/mol. The van der Waals surface area contributed by atoms with E-state index in [0.29, 0.717) is 6.61 Å². The van der Waals surface area contributed by atoms with E-state index in [0.717, 1.165) is 5.69 Å². The highest BCUT2D eigenvalue weighted by molar-refractivity contribution is 6.74. The zero-order chi connectivity index (χ0) is 12.6. The molecule has 0 aromatic carbocycles. The van der Waals surface area contributed by atoms with Gasteiger partial charge in [0, 0.05) is 13.2 Å². The Morgan fingerprint density at radius 1 is 1.44 bits per heavy atom. The van der Waals surface area contributed by atoms with Crippen molar-refractivity contribution in [2.24, 2.45) is 7.05 Å². The Labute approximate surface area is 101 Å². The Hall–Kier alpha value is -0.548. The second-order valence-corrected chi connectivity index (χ2v) is 10.8. The number of rotatable bonds is 3. The summed E-state index contributed by atoms with van der Waals surface area (Å²) in [7, 11) is 2.38. The highest BCUT2D eigenvalue weighted by Gasteiger charge is 2.37. The zero-order valence-corrected chi connectivity index (χ0v) is 12.6. The first-order valence-corrected chi connectivity index (χ1v) is 8.67. The third-order valence-corrected chi connectivity index (χ3v) is 7.97. The molecule has 0 amide bonds. The molecule has 0 bridgehead atoms. The van der Waals surface area contributed by atoms with Crippen molar-refractivity contribution < 1.29 is 4.43 Å². The molecular weight excluding hydrogens is 215 g/mol. The Balaban J connectivity index is 2.68. The molecule has 90 valence electrons. The van der Waals surface area contributed by atoms with Crippen molar-refractivity contribution in [1.82, 2.24) is 9.78 Å². The van der Waals surface area contributed by atoms with Crippen LogP contribution in [0, 0.1) is 0 Å². The van der Waals surface area contributed by atoms with Crippen molar-refractivity contribution in [1.29, 1.82) is 0 Å². The lowest BCUT2D eigenvalue weighted by molar-refractivity contribution is 0.272. The van der Waals surface area contributed by atoms with Crippen molar-refractivity contribution in [2.75, 3.05) is 0 Å². The molecule has 0 spiro atoms. The van der Waals surface area contributed by atoms with Crippen LogP contribution in [0.15, 0.2) is 6.20 Å². The molecule has 0 aliphatic heterocycles. The van der Waals surface area contributed by atoms with Gasteiger partial charge in [0.2, 0.25) is 0 Å². The van der Waals surface area contributed by atoms with Crippen LogP contribution in [-0.2, 0) is 18.1 Å². The summed E-state index contributed by atoms with van der Waals surface area (Å²) >= 11 is 0. The Kier molecular flexibility index (Phi) is 3.69. The smallest absolute Gasteiger partial charge is 0.192 e. The summed E-state index contributed by atoms with van der Waals surface area (Å²) in [5, 5.41) is 4.67. The first-order valence-electron chi connectivity index (χ1n) is 5.76. The van der Waals surface area contributed by atoms with Crippen LogP contribution in [0.3, 0.4) is 0 Å². The highest BCUT2D eigenvalue weighted by Crippen LogP contribution is 2.36. The molecule has 0 fully saturated rings. The first kappa shape index (κ1) is 13.5. The monoisotopic (exact) mass is 238 g/mol. The van der Waals surface area contributed by atoms with E-state index in [1.807, 2.05) is 17.9 Å². The molecule has 0 radical (unpaired) electrons. The molecule has 0 atom stereocenters. The predicted molar refractivity (Wildman–Crippen MR) is 73.4 cm³/mol. The van der Waals surface area contributed by atoms with E-state index >= 15 is 0 Å². The topological polar surface area (TPSA) is 27.1 Å². The van der Waals surface area contributed by atoms with Gasteiger partial charge in [-0.15, -0.1) is 0 Å². The fraction of sp³-hybridized carbons (Fsp3) is 0.727. The normalized spacial score (nSPS) is 13.1. The van der Waals surface area contributed by atoms with E-state index in [1.54, 1.807) is 0 Å². The Bertz CT molecular complexity index is 369. The summed E-state index contributed by atoms with van der Waals surface area (Å²) in [4.78, 5) is 0. The van der Waals surface area contributed by atoms with Crippen LogP contribution in [0.2, 0.25) is 18.1 Å². The molecule has 1 aromatic heterocycles. The number of nitrogens with zero attached hydrogens (tertiary/aromatic N) is 2. The van der Waals surface area contributed by atoms with Gasteiger partial charge in [0.1, 0.15) is 7.85 Å². The molecule has 5 heteroatoms. The molecule has 0 aliphatic carbocycles. The molecule has 1 aromatic rings. The van der Waals surface area contributed by atoms with Gasteiger partial charge in [-0.3, -0.25) is 4.68 Å². The van der Waals surface area contributed by atoms with Crippen LogP contribution in [0.4, 0.5) is 0 Å². The predicted octanol–water partition coefficient (Wildman–Crippen LogP) is 1.20.